The molecule has 2 heteroatoms. The van der Waals surface area contributed by atoms with Crippen LogP contribution in [-0.2, 0) is 0 Å². The van der Waals surface area contributed by atoms with Crippen LogP contribution in [0.1, 0.15) is 56.3 Å². The highest BCUT2D eigenvalue weighted by Crippen LogP contribution is 2.36. The maximum atomic E-state index is 6.40. The second-order valence-electron chi connectivity index (χ2n) is 5.45. The van der Waals surface area contributed by atoms with Crippen LogP contribution in [0.4, 0.5) is 0 Å². The lowest BCUT2D eigenvalue weighted by Crippen LogP contribution is -2.26. The third-order valence-corrected chi connectivity index (χ3v) is 4.28. The largest absolute Gasteiger partial charge is 0.324 e. The Balaban J connectivity index is 1.99. The van der Waals surface area contributed by atoms with E-state index in [-0.39, 0.29) is 6.04 Å². The lowest BCUT2D eigenvalue weighted by atomic mass is 9.76. The Kier molecular flexibility index (Phi) is 4.16. The minimum atomic E-state index is 0.203. The van der Waals surface area contributed by atoms with Crippen molar-refractivity contribution in [2.75, 3.05) is 0 Å². The molecule has 1 saturated carbocycles. The van der Waals surface area contributed by atoms with Gasteiger partial charge in [0.05, 0.1) is 0 Å². The van der Waals surface area contributed by atoms with Gasteiger partial charge >= 0.3 is 0 Å². The molecule has 1 aliphatic carbocycles. The Labute approximate surface area is 105 Å². The van der Waals surface area contributed by atoms with Crippen LogP contribution in [0.3, 0.4) is 0 Å². The first-order chi connectivity index (χ1) is 8.20. The van der Waals surface area contributed by atoms with Crippen molar-refractivity contribution in [3.8, 4) is 0 Å². The molecule has 0 saturated heterocycles. The fraction of sp³-hybridized carbons (Fsp3) is 0.667. The fourth-order valence-corrected chi connectivity index (χ4v) is 3.00. The normalized spacial score (nSPS) is 26.8. The predicted octanol–water partition coefficient (Wildman–Crippen LogP) is 3.61. The van der Waals surface area contributed by atoms with Gasteiger partial charge in [0.2, 0.25) is 0 Å². The van der Waals surface area contributed by atoms with Crippen LogP contribution in [0, 0.1) is 18.8 Å². The molecule has 1 aliphatic rings. The number of aryl methyl sites for hydroxylation is 1. The fourth-order valence-electron chi connectivity index (χ4n) is 3.00. The summed E-state index contributed by atoms with van der Waals surface area (Å²) in [5.74, 6) is 1.61. The molecule has 1 atom stereocenters. The summed E-state index contributed by atoms with van der Waals surface area (Å²) in [5.41, 5.74) is 8.73. The highest BCUT2D eigenvalue weighted by Gasteiger charge is 2.25. The van der Waals surface area contributed by atoms with Crippen LogP contribution in [-0.4, -0.2) is 4.98 Å². The van der Waals surface area contributed by atoms with Crippen molar-refractivity contribution < 1.29 is 0 Å². The van der Waals surface area contributed by atoms with Gasteiger partial charge in [-0.3, -0.25) is 4.98 Å². The molecule has 0 spiro atoms. The lowest BCUT2D eigenvalue weighted by molar-refractivity contribution is 0.240. The SMILES string of the molecule is CCC1CCC(C(N)c2ccnc(C)c2)CC1. The minimum absolute atomic E-state index is 0.203. The standard InChI is InChI=1S/C15H24N2/c1-3-12-4-6-13(7-5-12)15(16)14-8-9-17-11(2)10-14/h8-10,12-13,15H,3-7,16H2,1-2H3. The molecule has 0 aliphatic heterocycles. The van der Waals surface area contributed by atoms with Crippen molar-refractivity contribution in [1.29, 1.82) is 0 Å². The van der Waals surface area contributed by atoms with Crippen LogP contribution in [0.15, 0.2) is 18.3 Å². The van der Waals surface area contributed by atoms with Gasteiger partial charge in [0.15, 0.2) is 0 Å². The van der Waals surface area contributed by atoms with Crippen LogP contribution in [0.2, 0.25) is 0 Å². The van der Waals surface area contributed by atoms with E-state index in [0.717, 1.165) is 11.6 Å². The average Bonchev–Trinajstić information content (AvgIpc) is 2.38. The molecular formula is C15H24N2. The van der Waals surface area contributed by atoms with E-state index in [0.29, 0.717) is 5.92 Å². The van der Waals surface area contributed by atoms with Gasteiger partial charge in [0.1, 0.15) is 0 Å². The predicted molar refractivity (Wildman–Crippen MR) is 71.6 cm³/mol. The van der Waals surface area contributed by atoms with Crippen molar-refractivity contribution in [2.24, 2.45) is 17.6 Å². The van der Waals surface area contributed by atoms with Gasteiger partial charge in [-0.1, -0.05) is 26.2 Å². The Morgan fingerprint density at radius 1 is 1.35 bits per heavy atom. The third-order valence-electron chi connectivity index (χ3n) is 4.28. The topological polar surface area (TPSA) is 38.9 Å². The number of hydrogen-bond acceptors (Lipinski definition) is 2. The number of pyridine rings is 1. The monoisotopic (exact) mass is 232 g/mol. The second-order valence-corrected chi connectivity index (χ2v) is 5.45. The van der Waals surface area contributed by atoms with Crippen molar-refractivity contribution in [3.05, 3.63) is 29.6 Å². The van der Waals surface area contributed by atoms with E-state index in [2.05, 4.69) is 24.0 Å². The van der Waals surface area contributed by atoms with Gasteiger partial charge < -0.3 is 5.73 Å². The molecule has 1 heterocycles. The Morgan fingerprint density at radius 2 is 2.06 bits per heavy atom. The smallest absolute Gasteiger partial charge is 0.0375 e. The van der Waals surface area contributed by atoms with Crippen molar-refractivity contribution in [1.82, 2.24) is 4.98 Å². The maximum Gasteiger partial charge on any atom is 0.0375 e. The Hall–Kier alpha value is -0.890. The Morgan fingerprint density at radius 3 is 2.65 bits per heavy atom. The molecule has 1 aromatic rings. The average molecular weight is 232 g/mol. The molecule has 0 radical (unpaired) electrons. The Bertz CT molecular complexity index is 354. The zero-order valence-electron chi connectivity index (χ0n) is 11.0. The minimum Gasteiger partial charge on any atom is -0.324 e. The molecular weight excluding hydrogens is 208 g/mol. The summed E-state index contributed by atoms with van der Waals surface area (Å²) in [7, 11) is 0. The molecule has 1 aromatic heterocycles. The van der Waals surface area contributed by atoms with E-state index in [9.17, 15) is 0 Å². The highest BCUT2D eigenvalue weighted by atomic mass is 14.7. The molecule has 2 nitrogen and oxygen atoms in total. The second kappa shape index (κ2) is 5.63. The van der Waals surface area contributed by atoms with Gasteiger partial charge in [-0.05, 0) is 49.3 Å². The first-order valence-electron chi connectivity index (χ1n) is 6.88. The third kappa shape index (κ3) is 3.06. The van der Waals surface area contributed by atoms with Crippen LogP contribution in [0.25, 0.3) is 0 Å². The molecule has 2 rings (SSSR count). The maximum absolute atomic E-state index is 6.40. The number of rotatable bonds is 3. The quantitative estimate of drug-likeness (QED) is 0.864. The molecule has 0 bridgehead atoms. The van der Waals surface area contributed by atoms with E-state index in [1.54, 1.807) is 0 Å². The molecule has 0 aromatic carbocycles. The molecule has 1 fully saturated rings. The number of nitrogens with two attached hydrogens (primary N) is 1. The molecule has 2 N–H and O–H groups in total. The molecule has 0 amide bonds. The first kappa shape index (κ1) is 12.6. The molecule has 17 heavy (non-hydrogen) atoms. The number of hydrogen-bond donors (Lipinski definition) is 1. The lowest BCUT2D eigenvalue weighted by Gasteiger charge is -2.32. The number of aromatic nitrogens is 1. The van der Waals surface area contributed by atoms with Crippen LogP contribution >= 0.6 is 0 Å². The summed E-state index contributed by atoms with van der Waals surface area (Å²) in [5, 5.41) is 0. The van der Waals surface area contributed by atoms with E-state index in [1.807, 2.05) is 13.1 Å². The van der Waals surface area contributed by atoms with Gasteiger partial charge in [0, 0.05) is 17.9 Å². The molecule has 1 unspecified atom stereocenters. The summed E-state index contributed by atoms with van der Waals surface area (Å²) in [4.78, 5) is 4.24. The van der Waals surface area contributed by atoms with Gasteiger partial charge in [0.25, 0.3) is 0 Å². The summed E-state index contributed by atoms with van der Waals surface area (Å²) < 4.78 is 0. The summed E-state index contributed by atoms with van der Waals surface area (Å²) >= 11 is 0. The van der Waals surface area contributed by atoms with Gasteiger partial charge in [-0.2, -0.15) is 0 Å². The van der Waals surface area contributed by atoms with E-state index < -0.39 is 0 Å². The number of nitrogens with zero attached hydrogens (tertiary/aromatic N) is 1. The summed E-state index contributed by atoms with van der Waals surface area (Å²) in [6.45, 7) is 4.33. The van der Waals surface area contributed by atoms with Gasteiger partial charge in [-0.15, -0.1) is 0 Å². The van der Waals surface area contributed by atoms with Gasteiger partial charge in [-0.25, -0.2) is 0 Å². The van der Waals surface area contributed by atoms with Crippen molar-refractivity contribution >= 4 is 0 Å². The zero-order valence-corrected chi connectivity index (χ0v) is 11.0. The van der Waals surface area contributed by atoms with Crippen LogP contribution < -0.4 is 5.73 Å². The highest BCUT2D eigenvalue weighted by molar-refractivity contribution is 5.20. The molecule has 94 valence electrons. The van der Waals surface area contributed by atoms with E-state index in [1.165, 1.54) is 37.7 Å². The van der Waals surface area contributed by atoms with E-state index in [4.69, 9.17) is 5.73 Å². The first-order valence-corrected chi connectivity index (χ1v) is 6.88. The van der Waals surface area contributed by atoms with Crippen molar-refractivity contribution in [3.63, 3.8) is 0 Å². The zero-order chi connectivity index (χ0) is 12.3. The summed E-state index contributed by atoms with van der Waals surface area (Å²) in [6.07, 6.45) is 8.51. The van der Waals surface area contributed by atoms with E-state index >= 15 is 0 Å². The van der Waals surface area contributed by atoms with Crippen molar-refractivity contribution in [2.45, 2.75) is 52.0 Å². The van der Waals surface area contributed by atoms with Crippen LogP contribution in [0.5, 0.6) is 0 Å². The summed E-state index contributed by atoms with van der Waals surface area (Å²) in [6, 6.07) is 4.41.